The van der Waals surface area contributed by atoms with Crippen LogP contribution in [0, 0.1) is 0 Å². The van der Waals surface area contributed by atoms with Crippen molar-refractivity contribution in [2.75, 3.05) is 20.3 Å². The molecular formula is C10H13N3O3. The topological polar surface area (TPSA) is 80.3 Å². The van der Waals surface area contributed by atoms with Gasteiger partial charge in [-0.05, 0) is 0 Å². The van der Waals surface area contributed by atoms with Gasteiger partial charge in [-0.2, -0.15) is 5.10 Å². The van der Waals surface area contributed by atoms with Crippen LogP contribution in [0.3, 0.4) is 0 Å². The van der Waals surface area contributed by atoms with E-state index in [0.717, 1.165) is 11.2 Å². The Balaban J connectivity index is 2.27. The average molecular weight is 223 g/mol. The van der Waals surface area contributed by atoms with Gasteiger partial charge in [0.15, 0.2) is 5.52 Å². The molecule has 6 heteroatoms. The maximum absolute atomic E-state index is 8.60. The van der Waals surface area contributed by atoms with Crippen LogP contribution in [0.4, 0.5) is 0 Å². The minimum atomic E-state index is 0.00280. The number of aliphatic hydroxyl groups excluding tert-OH is 1. The molecule has 0 aliphatic rings. The van der Waals surface area contributed by atoms with Crippen LogP contribution in [0.2, 0.25) is 0 Å². The molecule has 16 heavy (non-hydrogen) atoms. The van der Waals surface area contributed by atoms with Gasteiger partial charge in [-0.1, -0.05) is 0 Å². The second kappa shape index (κ2) is 4.91. The predicted molar refractivity (Wildman–Crippen MR) is 57.2 cm³/mol. The summed E-state index contributed by atoms with van der Waals surface area (Å²) >= 11 is 0. The van der Waals surface area contributed by atoms with E-state index in [1.54, 1.807) is 19.4 Å². The number of aromatic nitrogens is 3. The lowest BCUT2D eigenvalue weighted by Gasteiger charge is -2.00. The number of fused-ring (bicyclic) bond motifs is 1. The van der Waals surface area contributed by atoms with Crippen molar-refractivity contribution in [1.29, 1.82) is 0 Å². The highest BCUT2D eigenvalue weighted by molar-refractivity contribution is 5.82. The highest BCUT2D eigenvalue weighted by Gasteiger charge is 2.10. The number of hydrogen-bond donors (Lipinski definition) is 2. The summed E-state index contributed by atoms with van der Waals surface area (Å²) in [4.78, 5) is 4.21. The average Bonchev–Trinajstić information content (AvgIpc) is 2.73. The van der Waals surface area contributed by atoms with Crippen LogP contribution in [0.15, 0.2) is 12.3 Å². The van der Waals surface area contributed by atoms with Crippen LogP contribution in [-0.2, 0) is 11.3 Å². The molecule has 0 unspecified atom stereocenters. The third-order valence-electron chi connectivity index (χ3n) is 2.18. The number of nitrogens with one attached hydrogen (secondary N) is 1. The van der Waals surface area contributed by atoms with Gasteiger partial charge in [-0.3, -0.25) is 10.1 Å². The summed E-state index contributed by atoms with van der Waals surface area (Å²) in [6.45, 7) is 0.643. The fraction of sp³-hybridized carbons (Fsp3) is 0.400. The molecule has 2 heterocycles. The molecule has 0 bridgehead atoms. The molecule has 0 aromatic carbocycles. The molecule has 86 valence electrons. The van der Waals surface area contributed by atoms with Gasteiger partial charge in [0.2, 0.25) is 0 Å². The zero-order valence-corrected chi connectivity index (χ0v) is 8.93. The number of pyridine rings is 1. The van der Waals surface area contributed by atoms with Crippen molar-refractivity contribution in [3.05, 3.63) is 18.0 Å². The summed E-state index contributed by atoms with van der Waals surface area (Å²) in [5.74, 6) is 0.676. The lowest BCUT2D eigenvalue weighted by atomic mass is 10.3. The fourth-order valence-corrected chi connectivity index (χ4v) is 1.45. The van der Waals surface area contributed by atoms with Crippen molar-refractivity contribution >= 4 is 11.0 Å². The van der Waals surface area contributed by atoms with Crippen LogP contribution in [-0.4, -0.2) is 40.6 Å². The highest BCUT2D eigenvalue weighted by Crippen LogP contribution is 2.23. The first kappa shape index (κ1) is 10.8. The van der Waals surface area contributed by atoms with E-state index in [4.69, 9.17) is 14.6 Å². The molecule has 0 fully saturated rings. The van der Waals surface area contributed by atoms with E-state index in [2.05, 4.69) is 15.2 Å². The zero-order chi connectivity index (χ0) is 11.4. The number of rotatable bonds is 5. The summed E-state index contributed by atoms with van der Waals surface area (Å²) < 4.78 is 10.4. The van der Waals surface area contributed by atoms with Gasteiger partial charge in [0, 0.05) is 12.3 Å². The molecule has 0 saturated heterocycles. The molecule has 2 aromatic heterocycles. The van der Waals surface area contributed by atoms with E-state index in [9.17, 15) is 0 Å². The number of aromatic amines is 1. The van der Waals surface area contributed by atoms with Gasteiger partial charge in [0.05, 0.1) is 32.6 Å². The highest BCUT2D eigenvalue weighted by atomic mass is 16.5. The van der Waals surface area contributed by atoms with Crippen LogP contribution in [0.1, 0.15) is 5.69 Å². The van der Waals surface area contributed by atoms with Crippen molar-refractivity contribution in [1.82, 2.24) is 15.2 Å². The first-order valence-corrected chi connectivity index (χ1v) is 4.91. The number of methoxy groups -OCH3 is 1. The first-order valence-electron chi connectivity index (χ1n) is 4.91. The largest absolute Gasteiger partial charge is 0.494 e. The summed E-state index contributed by atoms with van der Waals surface area (Å²) in [6.07, 6.45) is 1.66. The fourth-order valence-electron chi connectivity index (χ4n) is 1.45. The molecule has 0 spiro atoms. The van der Waals surface area contributed by atoms with Crippen molar-refractivity contribution in [2.24, 2.45) is 0 Å². The SMILES string of the molecule is COc1ccnc2c(COCCO)[nH]nc12. The molecule has 0 aliphatic heterocycles. The standard InChI is InChI=1S/C10H13N3O3/c1-15-8-2-3-11-9-7(6-16-5-4-14)12-13-10(8)9/h2-3,14H,4-6H2,1H3,(H,12,13). The number of aliphatic hydroxyl groups is 1. The smallest absolute Gasteiger partial charge is 0.153 e. The third kappa shape index (κ3) is 1.98. The Labute approximate surface area is 92.2 Å². The van der Waals surface area contributed by atoms with Gasteiger partial charge in [0.25, 0.3) is 0 Å². The molecular weight excluding hydrogens is 210 g/mol. The first-order chi connectivity index (χ1) is 7.86. The number of ether oxygens (including phenoxy) is 2. The maximum atomic E-state index is 8.60. The van der Waals surface area contributed by atoms with E-state index in [1.807, 2.05) is 0 Å². The molecule has 0 atom stereocenters. The Morgan fingerprint density at radius 2 is 2.31 bits per heavy atom. The molecule has 0 amide bonds. The Morgan fingerprint density at radius 3 is 3.06 bits per heavy atom. The van der Waals surface area contributed by atoms with Crippen molar-refractivity contribution in [3.63, 3.8) is 0 Å². The van der Waals surface area contributed by atoms with Crippen LogP contribution in [0.5, 0.6) is 5.75 Å². The summed E-state index contributed by atoms with van der Waals surface area (Å²) in [7, 11) is 1.59. The van der Waals surface area contributed by atoms with Gasteiger partial charge in [-0.25, -0.2) is 0 Å². The van der Waals surface area contributed by atoms with E-state index in [1.165, 1.54) is 0 Å². The second-order valence-corrected chi connectivity index (χ2v) is 3.19. The minimum Gasteiger partial charge on any atom is -0.494 e. The molecule has 2 aromatic rings. The monoisotopic (exact) mass is 223 g/mol. The quantitative estimate of drug-likeness (QED) is 0.720. The van der Waals surface area contributed by atoms with E-state index in [0.29, 0.717) is 24.5 Å². The zero-order valence-electron chi connectivity index (χ0n) is 8.93. The minimum absolute atomic E-state index is 0.00280. The number of hydrogen-bond acceptors (Lipinski definition) is 5. The Bertz CT molecular complexity index is 469. The molecule has 0 aliphatic carbocycles. The summed E-state index contributed by atoms with van der Waals surface area (Å²) in [5, 5.41) is 15.6. The van der Waals surface area contributed by atoms with Crippen molar-refractivity contribution < 1.29 is 14.6 Å². The van der Waals surface area contributed by atoms with Gasteiger partial charge < -0.3 is 14.6 Å². The van der Waals surface area contributed by atoms with Gasteiger partial charge >= 0.3 is 0 Å². The normalized spacial score (nSPS) is 10.9. The van der Waals surface area contributed by atoms with E-state index >= 15 is 0 Å². The second-order valence-electron chi connectivity index (χ2n) is 3.19. The lowest BCUT2D eigenvalue weighted by molar-refractivity contribution is 0.0802. The maximum Gasteiger partial charge on any atom is 0.153 e. The van der Waals surface area contributed by atoms with Gasteiger partial charge in [-0.15, -0.1) is 0 Å². The summed E-state index contributed by atoms with van der Waals surface area (Å²) in [5.41, 5.74) is 2.20. The Hall–Kier alpha value is -1.66. The molecule has 2 rings (SSSR count). The lowest BCUT2D eigenvalue weighted by Crippen LogP contribution is -2.00. The van der Waals surface area contributed by atoms with E-state index in [-0.39, 0.29) is 6.61 Å². The summed E-state index contributed by atoms with van der Waals surface area (Å²) in [6, 6.07) is 1.75. The molecule has 2 N–H and O–H groups in total. The Morgan fingerprint density at radius 1 is 1.44 bits per heavy atom. The predicted octanol–water partition coefficient (Wildman–Crippen LogP) is 0.475. The van der Waals surface area contributed by atoms with Crippen LogP contribution < -0.4 is 4.74 Å². The van der Waals surface area contributed by atoms with Crippen LogP contribution in [0.25, 0.3) is 11.0 Å². The van der Waals surface area contributed by atoms with Crippen molar-refractivity contribution in [3.8, 4) is 5.75 Å². The third-order valence-corrected chi connectivity index (χ3v) is 2.18. The van der Waals surface area contributed by atoms with Crippen LogP contribution >= 0.6 is 0 Å². The molecule has 0 saturated carbocycles. The van der Waals surface area contributed by atoms with Gasteiger partial charge in [0.1, 0.15) is 11.3 Å². The number of H-pyrrole nitrogens is 1. The molecule has 0 radical (unpaired) electrons. The molecule has 6 nitrogen and oxygen atoms in total. The van der Waals surface area contributed by atoms with Crippen molar-refractivity contribution in [2.45, 2.75) is 6.61 Å². The Kier molecular flexibility index (Phi) is 3.33. The van der Waals surface area contributed by atoms with E-state index < -0.39 is 0 Å². The number of nitrogens with zero attached hydrogens (tertiary/aromatic N) is 2.